The lowest BCUT2D eigenvalue weighted by molar-refractivity contribution is -0.122. The van der Waals surface area contributed by atoms with Gasteiger partial charge in [-0.1, -0.05) is 41.9 Å². The Kier molecular flexibility index (Phi) is 8.41. The number of urea groups is 1. The van der Waals surface area contributed by atoms with Gasteiger partial charge in [0, 0.05) is 10.6 Å². The van der Waals surface area contributed by atoms with Gasteiger partial charge in [0.25, 0.3) is 11.8 Å². The number of halogens is 1. The maximum Gasteiger partial charge on any atom is 0.339 e. The van der Waals surface area contributed by atoms with Crippen LogP contribution in [0, 0.1) is 6.92 Å². The van der Waals surface area contributed by atoms with Crippen molar-refractivity contribution in [3.05, 3.63) is 101 Å². The number of hydrogen-bond donors (Lipinski definition) is 1. The molecule has 1 fully saturated rings. The van der Waals surface area contributed by atoms with Gasteiger partial charge in [-0.3, -0.25) is 14.9 Å². The minimum absolute atomic E-state index is 0.0429. The van der Waals surface area contributed by atoms with Crippen molar-refractivity contribution >= 4 is 51.3 Å². The van der Waals surface area contributed by atoms with E-state index in [9.17, 15) is 22.8 Å². The summed E-state index contributed by atoms with van der Waals surface area (Å²) in [5, 5.41) is 2.51. The van der Waals surface area contributed by atoms with Crippen molar-refractivity contribution in [1.29, 1.82) is 0 Å². The van der Waals surface area contributed by atoms with Crippen molar-refractivity contribution in [2.75, 3.05) is 11.5 Å². The molecule has 40 heavy (non-hydrogen) atoms. The molecule has 11 heteroatoms. The molecule has 0 unspecified atom stereocenters. The minimum atomic E-state index is -4.21. The maximum atomic E-state index is 13.4. The van der Waals surface area contributed by atoms with Crippen LogP contribution in [0.15, 0.2) is 83.8 Å². The SMILES string of the molecule is C=CCc1cc(/C=C2\C(=O)NC(=O)N(c3ccc(C)c(Cl)c3)C2=O)cc(OCC)c1OS(=O)(=O)c1ccccc1. The monoisotopic (exact) mass is 580 g/mol. The smallest absolute Gasteiger partial charge is 0.339 e. The van der Waals surface area contributed by atoms with Crippen LogP contribution >= 0.6 is 11.6 Å². The van der Waals surface area contributed by atoms with E-state index in [1.807, 2.05) is 0 Å². The average molecular weight is 581 g/mol. The van der Waals surface area contributed by atoms with Crippen LogP contribution in [0.4, 0.5) is 10.5 Å². The number of carbonyl (C=O) groups is 3. The van der Waals surface area contributed by atoms with Crippen molar-refractivity contribution in [1.82, 2.24) is 5.32 Å². The molecule has 3 aromatic rings. The summed E-state index contributed by atoms with van der Waals surface area (Å²) in [5.74, 6) is -1.71. The molecule has 206 valence electrons. The largest absolute Gasteiger partial charge is 0.490 e. The van der Waals surface area contributed by atoms with Gasteiger partial charge in [-0.05, 0) is 73.9 Å². The molecule has 0 atom stereocenters. The van der Waals surface area contributed by atoms with Crippen LogP contribution in [0.2, 0.25) is 5.02 Å². The molecule has 4 rings (SSSR count). The second kappa shape index (κ2) is 11.8. The van der Waals surface area contributed by atoms with Gasteiger partial charge in [0.2, 0.25) is 0 Å². The zero-order valence-electron chi connectivity index (χ0n) is 21.6. The first kappa shape index (κ1) is 28.6. The molecule has 0 aliphatic carbocycles. The molecule has 1 aliphatic heterocycles. The number of anilines is 1. The van der Waals surface area contributed by atoms with Gasteiger partial charge in [-0.2, -0.15) is 8.42 Å². The lowest BCUT2D eigenvalue weighted by Gasteiger charge is -2.26. The number of carbonyl (C=O) groups excluding carboxylic acids is 3. The number of amides is 4. The fourth-order valence-corrected chi connectivity index (χ4v) is 5.13. The summed E-state index contributed by atoms with van der Waals surface area (Å²) in [4.78, 5) is 39.4. The third-order valence-electron chi connectivity index (χ3n) is 5.87. The number of nitrogens with zero attached hydrogens (tertiary/aromatic N) is 1. The molecule has 0 spiro atoms. The summed E-state index contributed by atoms with van der Waals surface area (Å²) >= 11 is 6.19. The van der Waals surface area contributed by atoms with E-state index in [-0.39, 0.29) is 40.7 Å². The summed E-state index contributed by atoms with van der Waals surface area (Å²) in [7, 11) is -4.21. The van der Waals surface area contributed by atoms with Gasteiger partial charge in [-0.25, -0.2) is 9.69 Å². The zero-order chi connectivity index (χ0) is 29.0. The van der Waals surface area contributed by atoms with E-state index in [4.69, 9.17) is 20.5 Å². The molecule has 3 aromatic carbocycles. The van der Waals surface area contributed by atoms with Gasteiger partial charge in [0.05, 0.1) is 12.3 Å². The topological polar surface area (TPSA) is 119 Å². The molecule has 0 radical (unpaired) electrons. The van der Waals surface area contributed by atoms with Crippen molar-refractivity contribution in [3.63, 3.8) is 0 Å². The molecule has 4 amide bonds. The van der Waals surface area contributed by atoms with Crippen molar-refractivity contribution < 1.29 is 31.7 Å². The third-order valence-corrected chi connectivity index (χ3v) is 7.51. The zero-order valence-corrected chi connectivity index (χ0v) is 23.2. The van der Waals surface area contributed by atoms with E-state index in [2.05, 4.69) is 11.9 Å². The van der Waals surface area contributed by atoms with Crippen LogP contribution < -0.4 is 19.1 Å². The van der Waals surface area contributed by atoms with Crippen LogP contribution in [0.1, 0.15) is 23.6 Å². The number of ether oxygens (including phenoxy) is 1. The van der Waals surface area contributed by atoms with Gasteiger partial charge in [0.1, 0.15) is 10.5 Å². The molecule has 1 N–H and O–H groups in total. The third kappa shape index (κ3) is 5.93. The van der Waals surface area contributed by atoms with E-state index in [1.165, 1.54) is 30.3 Å². The van der Waals surface area contributed by atoms with Crippen LogP contribution in [-0.4, -0.2) is 32.9 Å². The number of aryl methyl sites for hydroxylation is 1. The molecule has 0 aromatic heterocycles. The van der Waals surface area contributed by atoms with Crippen LogP contribution in [0.3, 0.4) is 0 Å². The predicted molar refractivity (Wildman–Crippen MR) is 151 cm³/mol. The summed E-state index contributed by atoms with van der Waals surface area (Å²) in [6, 6.07) is 14.4. The van der Waals surface area contributed by atoms with Crippen LogP contribution in [0.25, 0.3) is 6.08 Å². The second-order valence-electron chi connectivity index (χ2n) is 8.67. The first-order valence-corrected chi connectivity index (χ1v) is 13.9. The van der Waals surface area contributed by atoms with E-state index < -0.39 is 28.0 Å². The second-order valence-corrected chi connectivity index (χ2v) is 10.6. The summed E-state index contributed by atoms with van der Waals surface area (Å²) in [5.41, 5.74) is 1.33. The Morgan fingerprint density at radius 2 is 1.77 bits per heavy atom. The van der Waals surface area contributed by atoms with Crippen LogP contribution in [0.5, 0.6) is 11.5 Å². The Hall–Kier alpha value is -4.41. The van der Waals surface area contributed by atoms with Crippen molar-refractivity contribution in [3.8, 4) is 11.5 Å². The van der Waals surface area contributed by atoms with E-state index >= 15 is 0 Å². The lowest BCUT2D eigenvalue weighted by Crippen LogP contribution is -2.54. The number of hydrogen-bond acceptors (Lipinski definition) is 7. The Morgan fingerprint density at radius 3 is 2.42 bits per heavy atom. The quantitative estimate of drug-likeness (QED) is 0.160. The molecule has 1 aliphatic rings. The van der Waals surface area contributed by atoms with E-state index in [0.29, 0.717) is 16.1 Å². The van der Waals surface area contributed by atoms with Gasteiger partial charge >= 0.3 is 16.1 Å². The van der Waals surface area contributed by atoms with Crippen molar-refractivity contribution in [2.45, 2.75) is 25.2 Å². The standard InChI is InChI=1S/C29H25ClN2O7S/c1-4-9-20-14-19(16-25(38-5-2)26(20)39-40(36,37)22-10-7-6-8-11-22)15-23-27(33)31-29(35)32(28(23)34)21-13-12-18(3)24(30)17-21/h4,6-8,10-17H,1,5,9H2,2-3H3,(H,31,33,35)/b23-15+. The highest BCUT2D eigenvalue weighted by atomic mass is 35.5. The normalized spacial score (nSPS) is 14.7. The number of allylic oxidation sites excluding steroid dienone is 1. The highest BCUT2D eigenvalue weighted by Crippen LogP contribution is 2.37. The van der Waals surface area contributed by atoms with E-state index in [0.717, 1.165) is 10.5 Å². The molecular weight excluding hydrogens is 556 g/mol. The Balaban J connectivity index is 1.79. The Bertz CT molecular complexity index is 1650. The maximum absolute atomic E-state index is 13.4. The number of barbiturate groups is 1. The fraction of sp³-hybridized carbons (Fsp3) is 0.138. The highest BCUT2D eigenvalue weighted by molar-refractivity contribution is 7.87. The molecule has 1 saturated heterocycles. The molecular formula is C29H25ClN2O7S. The fourth-order valence-electron chi connectivity index (χ4n) is 3.96. The van der Waals surface area contributed by atoms with E-state index in [1.54, 1.807) is 56.3 Å². The number of rotatable bonds is 9. The van der Waals surface area contributed by atoms with Crippen LogP contribution in [-0.2, 0) is 26.1 Å². The highest BCUT2D eigenvalue weighted by Gasteiger charge is 2.37. The molecule has 9 nitrogen and oxygen atoms in total. The average Bonchev–Trinajstić information content (AvgIpc) is 2.91. The van der Waals surface area contributed by atoms with Crippen molar-refractivity contribution in [2.24, 2.45) is 0 Å². The van der Waals surface area contributed by atoms with Gasteiger partial charge in [-0.15, -0.1) is 6.58 Å². The molecule has 1 heterocycles. The Morgan fingerprint density at radius 1 is 1.05 bits per heavy atom. The molecule has 0 saturated carbocycles. The number of nitrogens with one attached hydrogen (secondary N) is 1. The molecule has 0 bridgehead atoms. The summed E-state index contributed by atoms with van der Waals surface area (Å²) < 4.78 is 37.2. The first-order chi connectivity index (χ1) is 19.1. The number of benzene rings is 3. The first-order valence-electron chi connectivity index (χ1n) is 12.1. The number of imide groups is 2. The van der Waals surface area contributed by atoms with Gasteiger partial charge < -0.3 is 8.92 Å². The lowest BCUT2D eigenvalue weighted by atomic mass is 10.0. The summed E-state index contributed by atoms with van der Waals surface area (Å²) in [6.45, 7) is 7.38. The summed E-state index contributed by atoms with van der Waals surface area (Å²) in [6.07, 6.45) is 3.02. The Labute approximate surface area is 236 Å². The predicted octanol–water partition coefficient (Wildman–Crippen LogP) is 5.21. The minimum Gasteiger partial charge on any atom is -0.490 e. The van der Waals surface area contributed by atoms with Gasteiger partial charge in [0.15, 0.2) is 11.5 Å².